The van der Waals surface area contributed by atoms with Crippen LogP contribution in [-0.4, -0.2) is 10.7 Å². The Morgan fingerprint density at radius 1 is 0.950 bits per heavy atom. The smallest absolute Gasteiger partial charge is 0.0444 e. The summed E-state index contributed by atoms with van der Waals surface area (Å²) in [7, 11) is 0. The summed E-state index contributed by atoms with van der Waals surface area (Å²) in [6.45, 7) is 2.16. The maximum Gasteiger partial charge on any atom is 0.0444 e. The lowest BCUT2D eigenvalue weighted by Gasteiger charge is -2.32. The molecule has 2 aromatic rings. The van der Waals surface area contributed by atoms with E-state index >= 15 is 0 Å². The van der Waals surface area contributed by atoms with Crippen LogP contribution in [0.4, 0.5) is 0 Å². The van der Waals surface area contributed by atoms with Crippen molar-refractivity contribution in [1.82, 2.24) is 0 Å². The predicted octanol–water partition coefficient (Wildman–Crippen LogP) is 5.92. The van der Waals surface area contributed by atoms with Crippen LogP contribution in [0.2, 0.25) is 5.02 Å². The number of aryl methyl sites for hydroxylation is 1. The highest BCUT2D eigenvalue weighted by Gasteiger charge is 2.32. The molecular formula is C17H17Br2Cl. The molecular weight excluding hydrogens is 399 g/mol. The minimum Gasteiger partial charge on any atom is -0.0918 e. The lowest BCUT2D eigenvalue weighted by atomic mass is 9.78. The first-order valence-corrected chi connectivity index (χ1v) is 9.16. The van der Waals surface area contributed by atoms with Gasteiger partial charge in [-0.3, -0.25) is 0 Å². The van der Waals surface area contributed by atoms with Crippen molar-refractivity contribution in [2.24, 2.45) is 0 Å². The van der Waals surface area contributed by atoms with E-state index in [2.05, 4.69) is 75.2 Å². The number of benzene rings is 2. The Bertz CT molecular complexity index is 577. The largest absolute Gasteiger partial charge is 0.0918 e. The summed E-state index contributed by atoms with van der Waals surface area (Å²) in [6.07, 6.45) is 0.958. The lowest BCUT2D eigenvalue weighted by Crippen LogP contribution is -2.33. The third kappa shape index (κ3) is 3.29. The van der Waals surface area contributed by atoms with Crippen molar-refractivity contribution >= 4 is 43.5 Å². The number of rotatable bonds is 5. The van der Waals surface area contributed by atoms with Gasteiger partial charge in [0.2, 0.25) is 0 Å². The van der Waals surface area contributed by atoms with E-state index in [1.54, 1.807) is 0 Å². The van der Waals surface area contributed by atoms with Crippen LogP contribution in [0, 0.1) is 6.92 Å². The fraction of sp³-hybridized carbons (Fsp3) is 0.294. The Balaban J connectivity index is 2.46. The number of hydrogen-bond acceptors (Lipinski definition) is 0. The van der Waals surface area contributed by atoms with Gasteiger partial charge in [-0.1, -0.05) is 85.9 Å². The molecule has 0 N–H and O–H groups in total. The number of alkyl halides is 2. The van der Waals surface area contributed by atoms with E-state index in [0.29, 0.717) is 0 Å². The normalized spacial score (nSPS) is 11.6. The second-order valence-corrected chi connectivity index (χ2v) is 6.66. The standard InChI is InChI=1S/C17H17Br2Cl/c1-13-6-2-3-7-14(13)10-17(11-18,12-19)15-8-4-5-9-16(15)20/h2-9H,10-12H2,1H3. The minimum atomic E-state index is -0.0372. The summed E-state index contributed by atoms with van der Waals surface area (Å²) in [4.78, 5) is 0. The van der Waals surface area contributed by atoms with Crippen molar-refractivity contribution < 1.29 is 0 Å². The van der Waals surface area contributed by atoms with Crippen molar-refractivity contribution in [2.75, 3.05) is 10.7 Å². The van der Waals surface area contributed by atoms with Gasteiger partial charge in [-0.25, -0.2) is 0 Å². The maximum absolute atomic E-state index is 6.43. The summed E-state index contributed by atoms with van der Waals surface area (Å²) in [5, 5.41) is 2.56. The average molecular weight is 417 g/mol. The fourth-order valence-electron chi connectivity index (χ4n) is 2.43. The molecule has 0 saturated carbocycles. The predicted molar refractivity (Wildman–Crippen MR) is 95.6 cm³/mol. The molecule has 0 saturated heterocycles. The Hall–Kier alpha value is -0.310. The minimum absolute atomic E-state index is 0.0372. The van der Waals surface area contributed by atoms with Crippen molar-refractivity contribution in [3.05, 3.63) is 70.2 Å². The molecule has 0 amide bonds. The van der Waals surface area contributed by atoms with Gasteiger partial charge < -0.3 is 0 Å². The molecule has 0 bridgehead atoms. The molecule has 0 aliphatic heterocycles. The first-order chi connectivity index (χ1) is 9.63. The zero-order valence-electron chi connectivity index (χ0n) is 11.4. The SMILES string of the molecule is Cc1ccccc1CC(CBr)(CBr)c1ccccc1Cl. The second kappa shape index (κ2) is 7.11. The zero-order chi connectivity index (χ0) is 14.6. The van der Waals surface area contributed by atoms with Crippen LogP contribution in [0.3, 0.4) is 0 Å². The van der Waals surface area contributed by atoms with E-state index in [4.69, 9.17) is 11.6 Å². The summed E-state index contributed by atoms with van der Waals surface area (Å²) in [6, 6.07) is 16.7. The quantitative estimate of drug-likeness (QED) is 0.531. The molecule has 0 heterocycles. The average Bonchev–Trinajstić information content (AvgIpc) is 2.48. The van der Waals surface area contributed by atoms with E-state index in [1.807, 2.05) is 12.1 Å². The van der Waals surface area contributed by atoms with Gasteiger partial charge in [0.25, 0.3) is 0 Å². The molecule has 106 valence electrons. The molecule has 2 rings (SSSR count). The Morgan fingerprint density at radius 2 is 1.55 bits per heavy atom. The molecule has 0 aliphatic rings. The van der Waals surface area contributed by atoms with Gasteiger partial charge in [0.05, 0.1) is 0 Å². The molecule has 3 heteroatoms. The van der Waals surface area contributed by atoms with Crippen molar-refractivity contribution in [1.29, 1.82) is 0 Å². The van der Waals surface area contributed by atoms with Gasteiger partial charge in [0.15, 0.2) is 0 Å². The van der Waals surface area contributed by atoms with Crippen LogP contribution in [0.25, 0.3) is 0 Å². The lowest BCUT2D eigenvalue weighted by molar-refractivity contribution is 0.550. The maximum atomic E-state index is 6.43. The van der Waals surface area contributed by atoms with E-state index in [0.717, 1.165) is 22.1 Å². The van der Waals surface area contributed by atoms with Gasteiger partial charge in [0.1, 0.15) is 0 Å². The van der Waals surface area contributed by atoms with Crippen molar-refractivity contribution in [3.8, 4) is 0 Å². The molecule has 0 fully saturated rings. The Labute approximate surface area is 142 Å². The van der Waals surface area contributed by atoms with E-state index in [9.17, 15) is 0 Å². The van der Waals surface area contributed by atoms with Crippen LogP contribution in [-0.2, 0) is 11.8 Å². The highest BCUT2D eigenvalue weighted by Crippen LogP contribution is 2.37. The Kier molecular flexibility index (Phi) is 5.71. The van der Waals surface area contributed by atoms with Gasteiger partial charge in [-0.15, -0.1) is 0 Å². The number of hydrogen-bond donors (Lipinski definition) is 0. The molecule has 0 atom stereocenters. The topological polar surface area (TPSA) is 0 Å². The van der Waals surface area contributed by atoms with Crippen LogP contribution in [0.15, 0.2) is 48.5 Å². The van der Waals surface area contributed by atoms with Crippen molar-refractivity contribution in [2.45, 2.75) is 18.8 Å². The molecule has 0 spiro atoms. The molecule has 2 aromatic carbocycles. The zero-order valence-corrected chi connectivity index (χ0v) is 15.3. The second-order valence-electron chi connectivity index (χ2n) is 5.13. The first kappa shape index (κ1) is 16.1. The molecule has 0 aliphatic carbocycles. The number of halogens is 3. The summed E-state index contributed by atoms with van der Waals surface area (Å²) in [5.74, 6) is 0. The van der Waals surface area contributed by atoms with Gasteiger partial charge in [-0.05, 0) is 36.1 Å². The van der Waals surface area contributed by atoms with E-state index < -0.39 is 0 Å². The van der Waals surface area contributed by atoms with Crippen LogP contribution in [0.5, 0.6) is 0 Å². The van der Waals surface area contributed by atoms with Gasteiger partial charge in [-0.2, -0.15) is 0 Å². The molecule has 20 heavy (non-hydrogen) atoms. The fourth-order valence-corrected chi connectivity index (χ4v) is 4.70. The Morgan fingerprint density at radius 3 is 2.15 bits per heavy atom. The summed E-state index contributed by atoms with van der Waals surface area (Å²) >= 11 is 13.8. The third-order valence-corrected chi connectivity index (χ3v) is 6.22. The van der Waals surface area contributed by atoms with Crippen LogP contribution in [0.1, 0.15) is 16.7 Å². The molecule has 0 unspecified atom stereocenters. The highest BCUT2D eigenvalue weighted by molar-refractivity contribution is 9.09. The van der Waals surface area contributed by atoms with Crippen LogP contribution < -0.4 is 0 Å². The van der Waals surface area contributed by atoms with Gasteiger partial charge >= 0.3 is 0 Å². The van der Waals surface area contributed by atoms with E-state index in [1.165, 1.54) is 16.7 Å². The van der Waals surface area contributed by atoms with Gasteiger partial charge in [0, 0.05) is 21.1 Å². The third-order valence-electron chi connectivity index (χ3n) is 3.75. The highest BCUT2D eigenvalue weighted by atomic mass is 79.9. The van der Waals surface area contributed by atoms with E-state index in [-0.39, 0.29) is 5.41 Å². The molecule has 0 nitrogen and oxygen atoms in total. The monoisotopic (exact) mass is 414 g/mol. The molecule has 0 radical (unpaired) electrons. The molecule has 0 aromatic heterocycles. The summed E-state index contributed by atoms with van der Waals surface area (Å²) < 4.78 is 0. The summed E-state index contributed by atoms with van der Waals surface area (Å²) in [5.41, 5.74) is 3.85. The van der Waals surface area contributed by atoms with Crippen LogP contribution >= 0.6 is 43.5 Å². The first-order valence-electron chi connectivity index (χ1n) is 6.54. The van der Waals surface area contributed by atoms with Crippen molar-refractivity contribution in [3.63, 3.8) is 0 Å².